The van der Waals surface area contributed by atoms with Crippen LogP contribution in [0.4, 0.5) is 4.79 Å². The maximum atomic E-state index is 12.6. The molecule has 0 aliphatic carbocycles. The molecule has 2 heterocycles. The Morgan fingerprint density at radius 3 is 2.55 bits per heavy atom. The normalized spacial score (nSPS) is 28.1. The van der Waals surface area contributed by atoms with Gasteiger partial charge in [-0.25, -0.2) is 4.79 Å². The maximum absolute atomic E-state index is 12.6. The summed E-state index contributed by atoms with van der Waals surface area (Å²) in [5.41, 5.74) is 5.35. The number of carbonyl (C=O) groups is 3. The molecule has 0 bridgehead atoms. The minimum Gasteiger partial charge on any atom is -0.378 e. The number of urea groups is 1. The molecule has 0 aromatic rings. The highest BCUT2D eigenvalue weighted by Crippen LogP contribution is 2.22. The number of morpholine rings is 1. The Labute approximate surface area is 118 Å². The molecular weight excluding hydrogens is 262 g/mol. The summed E-state index contributed by atoms with van der Waals surface area (Å²) in [4.78, 5) is 39.3. The van der Waals surface area contributed by atoms with Crippen molar-refractivity contribution in [1.82, 2.24) is 9.80 Å². The van der Waals surface area contributed by atoms with E-state index in [0.717, 1.165) is 0 Å². The van der Waals surface area contributed by atoms with E-state index in [1.54, 1.807) is 4.90 Å². The van der Waals surface area contributed by atoms with Crippen LogP contribution < -0.4 is 5.73 Å². The van der Waals surface area contributed by atoms with Gasteiger partial charge in [-0.1, -0.05) is 0 Å². The summed E-state index contributed by atoms with van der Waals surface area (Å²) in [5, 5.41) is 0. The molecule has 0 radical (unpaired) electrons. The van der Waals surface area contributed by atoms with Crippen LogP contribution in [-0.2, 0) is 14.3 Å². The van der Waals surface area contributed by atoms with Crippen LogP contribution in [-0.4, -0.2) is 65.9 Å². The molecular formula is C13H21N3O4. The molecule has 3 amide bonds. The molecule has 0 saturated carbocycles. The molecule has 112 valence electrons. The molecule has 1 unspecified atom stereocenters. The highest BCUT2D eigenvalue weighted by molar-refractivity contribution is 6.07. The maximum Gasteiger partial charge on any atom is 0.321 e. The molecule has 2 aliphatic rings. The zero-order valence-electron chi connectivity index (χ0n) is 11.7. The van der Waals surface area contributed by atoms with E-state index in [1.165, 1.54) is 4.90 Å². The Morgan fingerprint density at radius 2 is 1.95 bits per heavy atom. The van der Waals surface area contributed by atoms with Crippen molar-refractivity contribution >= 4 is 17.7 Å². The highest BCUT2D eigenvalue weighted by Gasteiger charge is 2.40. The third-order valence-corrected chi connectivity index (χ3v) is 3.88. The molecule has 7 heteroatoms. The van der Waals surface area contributed by atoms with Crippen molar-refractivity contribution in [3.8, 4) is 0 Å². The van der Waals surface area contributed by atoms with Crippen LogP contribution in [0.2, 0.25) is 0 Å². The number of carbonyl (C=O) groups excluding carboxylic acids is 3. The van der Waals surface area contributed by atoms with Crippen molar-refractivity contribution < 1.29 is 19.1 Å². The van der Waals surface area contributed by atoms with Gasteiger partial charge in [0.1, 0.15) is 0 Å². The Hall–Kier alpha value is -1.63. The van der Waals surface area contributed by atoms with E-state index >= 15 is 0 Å². The van der Waals surface area contributed by atoms with Gasteiger partial charge in [-0.3, -0.25) is 9.59 Å². The molecule has 2 fully saturated rings. The first-order valence-corrected chi connectivity index (χ1v) is 6.99. The van der Waals surface area contributed by atoms with Gasteiger partial charge >= 0.3 is 6.03 Å². The lowest BCUT2D eigenvalue weighted by molar-refractivity contribution is -0.133. The number of nitrogens with two attached hydrogens (primary N) is 1. The van der Waals surface area contributed by atoms with Crippen molar-refractivity contribution in [3.05, 3.63) is 0 Å². The second-order valence-electron chi connectivity index (χ2n) is 5.30. The highest BCUT2D eigenvalue weighted by atomic mass is 16.5. The summed E-state index contributed by atoms with van der Waals surface area (Å²) in [7, 11) is 0. The van der Waals surface area contributed by atoms with Crippen LogP contribution in [0.25, 0.3) is 0 Å². The summed E-state index contributed by atoms with van der Waals surface area (Å²) in [6.07, 6.45) is 1.67. The minimum atomic E-state index is -1.14. The summed E-state index contributed by atoms with van der Waals surface area (Å²) < 4.78 is 5.21. The molecule has 0 aromatic heterocycles. The van der Waals surface area contributed by atoms with Gasteiger partial charge in [0.15, 0.2) is 11.8 Å². The van der Waals surface area contributed by atoms with Gasteiger partial charge in [0, 0.05) is 25.6 Å². The van der Waals surface area contributed by atoms with E-state index in [0.29, 0.717) is 45.6 Å². The van der Waals surface area contributed by atoms with Gasteiger partial charge in [0.2, 0.25) is 5.91 Å². The second kappa shape index (κ2) is 6.21. The monoisotopic (exact) mass is 283 g/mol. The topological polar surface area (TPSA) is 92.9 Å². The number of Topliss-reactive ketones (excluding diaryl/α,β-unsaturated/α-hetero) is 1. The number of amides is 3. The summed E-state index contributed by atoms with van der Waals surface area (Å²) in [5.74, 6) is -1.01. The van der Waals surface area contributed by atoms with E-state index in [1.807, 2.05) is 6.92 Å². The van der Waals surface area contributed by atoms with Gasteiger partial charge in [0.25, 0.3) is 0 Å². The van der Waals surface area contributed by atoms with Crippen LogP contribution in [0.15, 0.2) is 0 Å². The van der Waals surface area contributed by atoms with E-state index < -0.39 is 11.9 Å². The van der Waals surface area contributed by atoms with Gasteiger partial charge in [-0.2, -0.15) is 0 Å². The summed E-state index contributed by atoms with van der Waals surface area (Å²) >= 11 is 0. The molecule has 2 N–H and O–H groups in total. The smallest absolute Gasteiger partial charge is 0.321 e. The average Bonchev–Trinajstić information content (AvgIpc) is 2.58. The third-order valence-electron chi connectivity index (χ3n) is 3.88. The van der Waals surface area contributed by atoms with E-state index in [2.05, 4.69) is 0 Å². The van der Waals surface area contributed by atoms with Crippen molar-refractivity contribution in [1.29, 1.82) is 0 Å². The first kappa shape index (κ1) is 14.8. The fourth-order valence-corrected chi connectivity index (χ4v) is 2.77. The van der Waals surface area contributed by atoms with Crippen LogP contribution in [0.5, 0.6) is 0 Å². The number of ether oxygens (including phenoxy) is 1. The Balaban J connectivity index is 2.24. The van der Waals surface area contributed by atoms with Gasteiger partial charge < -0.3 is 20.3 Å². The first-order chi connectivity index (χ1) is 9.52. The zero-order chi connectivity index (χ0) is 14.7. The Kier molecular flexibility index (Phi) is 4.59. The SMILES string of the molecule is C[C@@H]1CCCC(=O)C(C(N)=O)N1C(=O)N1CCOCC1. The minimum absolute atomic E-state index is 0.172. The predicted octanol–water partition coefficient (Wildman–Crippen LogP) is -0.264. The predicted molar refractivity (Wildman–Crippen MR) is 70.9 cm³/mol. The molecule has 2 saturated heterocycles. The first-order valence-electron chi connectivity index (χ1n) is 6.99. The quantitative estimate of drug-likeness (QED) is 0.671. The Bertz CT molecular complexity index is 406. The van der Waals surface area contributed by atoms with Crippen molar-refractivity contribution in [2.45, 2.75) is 38.3 Å². The zero-order valence-corrected chi connectivity index (χ0v) is 11.7. The van der Waals surface area contributed by atoms with Crippen molar-refractivity contribution in [2.24, 2.45) is 5.73 Å². The average molecular weight is 283 g/mol. The number of likely N-dealkylation sites (tertiary alicyclic amines) is 1. The third kappa shape index (κ3) is 2.92. The number of rotatable bonds is 1. The molecule has 2 atom stereocenters. The summed E-state index contributed by atoms with van der Waals surface area (Å²) in [6.45, 7) is 3.75. The molecule has 0 spiro atoms. The Morgan fingerprint density at radius 1 is 1.30 bits per heavy atom. The molecule has 2 rings (SSSR count). The van der Waals surface area contributed by atoms with Crippen LogP contribution >= 0.6 is 0 Å². The van der Waals surface area contributed by atoms with E-state index in [9.17, 15) is 14.4 Å². The second-order valence-corrected chi connectivity index (χ2v) is 5.30. The van der Waals surface area contributed by atoms with Gasteiger partial charge in [0.05, 0.1) is 13.2 Å². The number of hydrogen-bond donors (Lipinski definition) is 1. The fraction of sp³-hybridized carbons (Fsp3) is 0.769. The van der Waals surface area contributed by atoms with Gasteiger partial charge in [-0.15, -0.1) is 0 Å². The van der Waals surface area contributed by atoms with Gasteiger partial charge in [-0.05, 0) is 19.8 Å². The van der Waals surface area contributed by atoms with Crippen LogP contribution in [0.3, 0.4) is 0 Å². The number of hydrogen-bond acceptors (Lipinski definition) is 4. The van der Waals surface area contributed by atoms with Crippen molar-refractivity contribution in [2.75, 3.05) is 26.3 Å². The number of ketones is 1. The standard InChI is InChI=1S/C13H21N3O4/c1-9-3-2-4-10(17)11(12(14)18)16(9)13(19)15-5-7-20-8-6-15/h9,11H,2-8H2,1H3,(H2,14,18)/t9-,11?/m1/s1. The van der Waals surface area contributed by atoms with E-state index in [4.69, 9.17) is 10.5 Å². The molecule has 2 aliphatic heterocycles. The summed E-state index contributed by atoms with van der Waals surface area (Å²) in [6, 6.07) is -1.60. The van der Waals surface area contributed by atoms with Crippen LogP contribution in [0.1, 0.15) is 26.2 Å². The lowest BCUT2D eigenvalue weighted by Gasteiger charge is -2.37. The lowest BCUT2D eigenvalue weighted by atomic mass is 10.1. The van der Waals surface area contributed by atoms with E-state index in [-0.39, 0.29) is 17.9 Å². The largest absolute Gasteiger partial charge is 0.378 e. The fourth-order valence-electron chi connectivity index (χ4n) is 2.77. The molecule has 20 heavy (non-hydrogen) atoms. The van der Waals surface area contributed by atoms with Crippen LogP contribution in [0, 0.1) is 0 Å². The number of primary amides is 1. The lowest BCUT2D eigenvalue weighted by Crippen LogP contribution is -2.59. The molecule has 0 aromatic carbocycles. The van der Waals surface area contributed by atoms with Crippen molar-refractivity contribution in [3.63, 3.8) is 0 Å². The number of nitrogens with zero attached hydrogens (tertiary/aromatic N) is 2. The molecule has 7 nitrogen and oxygen atoms in total.